The van der Waals surface area contributed by atoms with E-state index in [2.05, 4.69) is 33.8 Å². The van der Waals surface area contributed by atoms with Gasteiger partial charge in [0.05, 0.1) is 5.41 Å². The standard InChI is InChI=1S/C13H20O/c1-9-5-6-10-12(2,3)8-7-11(14)13(9,10)4/h5,10H,6-8H2,1-4H3. The number of fused-ring (bicyclic) bond motifs is 1. The van der Waals surface area contributed by atoms with Gasteiger partial charge in [-0.3, -0.25) is 4.79 Å². The van der Waals surface area contributed by atoms with Gasteiger partial charge in [0.1, 0.15) is 5.78 Å². The first-order valence-corrected chi connectivity index (χ1v) is 5.59. The van der Waals surface area contributed by atoms with Crippen LogP contribution in [0.3, 0.4) is 0 Å². The first-order chi connectivity index (χ1) is 6.39. The van der Waals surface area contributed by atoms with Crippen molar-refractivity contribution >= 4 is 5.78 Å². The van der Waals surface area contributed by atoms with Gasteiger partial charge >= 0.3 is 0 Å². The zero-order valence-electron chi connectivity index (χ0n) is 9.68. The summed E-state index contributed by atoms with van der Waals surface area (Å²) in [5.41, 5.74) is 1.50. The monoisotopic (exact) mass is 192 g/mol. The molecule has 0 aromatic rings. The molecule has 0 aromatic heterocycles. The fourth-order valence-electron chi connectivity index (χ4n) is 3.40. The van der Waals surface area contributed by atoms with Crippen LogP contribution in [-0.2, 0) is 4.79 Å². The van der Waals surface area contributed by atoms with E-state index in [1.165, 1.54) is 5.57 Å². The Kier molecular flexibility index (Phi) is 1.93. The predicted molar refractivity (Wildman–Crippen MR) is 58.0 cm³/mol. The van der Waals surface area contributed by atoms with E-state index in [9.17, 15) is 4.79 Å². The van der Waals surface area contributed by atoms with E-state index in [-0.39, 0.29) is 5.41 Å². The number of rotatable bonds is 0. The molecule has 1 fully saturated rings. The Morgan fingerprint density at radius 1 is 1.36 bits per heavy atom. The number of carbonyl (C=O) groups excluding carboxylic acids is 1. The molecule has 0 amide bonds. The van der Waals surface area contributed by atoms with E-state index in [4.69, 9.17) is 0 Å². The molecular weight excluding hydrogens is 172 g/mol. The highest BCUT2D eigenvalue weighted by atomic mass is 16.1. The molecule has 0 saturated heterocycles. The van der Waals surface area contributed by atoms with Gasteiger partial charge in [0.25, 0.3) is 0 Å². The average molecular weight is 192 g/mol. The SMILES string of the molecule is CC1=CCC2C(C)(C)CCC(=O)C12C. The highest BCUT2D eigenvalue weighted by Gasteiger charge is 2.53. The summed E-state index contributed by atoms with van der Waals surface area (Å²) in [6.45, 7) is 8.91. The van der Waals surface area contributed by atoms with Crippen LogP contribution >= 0.6 is 0 Å². The minimum Gasteiger partial charge on any atom is -0.299 e. The van der Waals surface area contributed by atoms with E-state index in [1.807, 2.05) is 0 Å². The van der Waals surface area contributed by atoms with Gasteiger partial charge in [-0.25, -0.2) is 0 Å². The molecular formula is C13H20O. The number of hydrogen-bond donors (Lipinski definition) is 0. The predicted octanol–water partition coefficient (Wildman–Crippen LogP) is 3.35. The molecule has 2 atom stereocenters. The van der Waals surface area contributed by atoms with E-state index in [0.29, 0.717) is 17.1 Å². The van der Waals surface area contributed by atoms with E-state index in [0.717, 1.165) is 19.3 Å². The molecule has 2 aliphatic carbocycles. The van der Waals surface area contributed by atoms with Gasteiger partial charge in [-0.05, 0) is 38.0 Å². The van der Waals surface area contributed by atoms with Gasteiger partial charge < -0.3 is 0 Å². The topological polar surface area (TPSA) is 17.1 Å². The average Bonchev–Trinajstić information content (AvgIpc) is 2.40. The fraction of sp³-hybridized carbons (Fsp3) is 0.769. The molecule has 2 aliphatic rings. The zero-order valence-corrected chi connectivity index (χ0v) is 9.68. The lowest BCUT2D eigenvalue weighted by molar-refractivity contribution is -0.135. The fourth-order valence-corrected chi connectivity index (χ4v) is 3.40. The molecule has 1 saturated carbocycles. The Morgan fingerprint density at radius 3 is 2.57 bits per heavy atom. The minimum atomic E-state index is -0.137. The minimum absolute atomic E-state index is 0.137. The van der Waals surface area contributed by atoms with Crippen molar-refractivity contribution in [2.75, 3.05) is 0 Å². The van der Waals surface area contributed by atoms with Crippen molar-refractivity contribution in [3.63, 3.8) is 0 Å². The van der Waals surface area contributed by atoms with Gasteiger partial charge in [0.15, 0.2) is 0 Å². The number of ketones is 1. The molecule has 0 aliphatic heterocycles. The third-order valence-electron chi connectivity index (χ3n) is 4.69. The lowest BCUT2D eigenvalue weighted by atomic mass is 9.56. The number of Topliss-reactive ketones (excluding diaryl/α,β-unsaturated/α-hetero) is 1. The molecule has 0 heterocycles. The molecule has 0 spiro atoms. The highest BCUT2D eigenvalue weighted by molar-refractivity contribution is 5.89. The highest BCUT2D eigenvalue weighted by Crippen LogP contribution is 2.57. The van der Waals surface area contributed by atoms with Gasteiger partial charge in [-0.1, -0.05) is 25.5 Å². The van der Waals surface area contributed by atoms with Crippen LogP contribution in [0.2, 0.25) is 0 Å². The lowest BCUT2D eigenvalue weighted by Crippen LogP contribution is -2.46. The van der Waals surface area contributed by atoms with E-state index < -0.39 is 0 Å². The molecule has 0 aromatic carbocycles. The summed E-state index contributed by atoms with van der Waals surface area (Å²) in [5, 5.41) is 0. The quantitative estimate of drug-likeness (QED) is 0.538. The maximum absolute atomic E-state index is 12.1. The lowest BCUT2D eigenvalue weighted by Gasteiger charge is -2.47. The van der Waals surface area contributed by atoms with Crippen molar-refractivity contribution in [2.45, 2.75) is 47.0 Å². The number of carbonyl (C=O) groups is 1. The second-order valence-corrected chi connectivity index (χ2v) is 5.79. The largest absolute Gasteiger partial charge is 0.299 e. The van der Waals surface area contributed by atoms with Crippen molar-refractivity contribution in [2.24, 2.45) is 16.7 Å². The van der Waals surface area contributed by atoms with Crippen molar-refractivity contribution in [1.82, 2.24) is 0 Å². The van der Waals surface area contributed by atoms with Crippen LogP contribution in [0.25, 0.3) is 0 Å². The molecule has 0 radical (unpaired) electrons. The first-order valence-electron chi connectivity index (χ1n) is 5.59. The molecule has 0 N–H and O–H groups in total. The van der Waals surface area contributed by atoms with Gasteiger partial charge in [0, 0.05) is 6.42 Å². The van der Waals surface area contributed by atoms with E-state index in [1.54, 1.807) is 0 Å². The van der Waals surface area contributed by atoms with Crippen molar-refractivity contribution < 1.29 is 4.79 Å². The van der Waals surface area contributed by atoms with Crippen LogP contribution in [0, 0.1) is 16.7 Å². The normalized spacial score (nSPS) is 40.7. The number of hydrogen-bond acceptors (Lipinski definition) is 1. The maximum Gasteiger partial charge on any atom is 0.143 e. The summed E-state index contributed by atoms with van der Waals surface area (Å²) in [7, 11) is 0. The summed E-state index contributed by atoms with van der Waals surface area (Å²) in [5.74, 6) is 1.00. The van der Waals surface area contributed by atoms with Crippen LogP contribution in [-0.4, -0.2) is 5.78 Å². The van der Waals surface area contributed by atoms with Crippen LogP contribution in [0.15, 0.2) is 11.6 Å². The molecule has 78 valence electrons. The van der Waals surface area contributed by atoms with Gasteiger partial charge in [-0.2, -0.15) is 0 Å². The molecule has 2 rings (SSSR count). The van der Waals surface area contributed by atoms with Gasteiger partial charge in [-0.15, -0.1) is 0 Å². The maximum atomic E-state index is 12.1. The summed E-state index contributed by atoms with van der Waals surface area (Å²) < 4.78 is 0. The Bertz CT molecular complexity index is 311. The summed E-state index contributed by atoms with van der Waals surface area (Å²) in [6.07, 6.45) is 5.20. The Hall–Kier alpha value is -0.590. The Balaban J connectivity index is 2.44. The molecule has 2 unspecified atom stereocenters. The van der Waals surface area contributed by atoms with Crippen LogP contribution in [0.5, 0.6) is 0 Å². The Morgan fingerprint density at radius 2 is 2.00 bits per heavy atom. The van der Waals surface area contributed by atoms with E-state index >= 15 is 0 Å². The van der Waals surface area contributed by atoms with Crippen molar-refractivity contribution in [3.8, 4) is 0 Å². The Labute approximate surface area is 86.6 Å². The van der Waals surface area contributed by atoms with Gasteiger partial charge in [0.2, 0.25) is 0 Å². The van der Waals surface area contributed by atoms with Crippen LogP contribution in [0.1, 0.15) is 47.0 Å². The molecule has 14 heavy (non-hydrogen) atoms. The molecule has 1 nitrogen and oxygen atoms in total. The molecule has 0 bridgehead atoms. The first kappa shape index (κ1) is 9.95. The zero-order chi connectivity index (χ0) is 10.6. The van der Waals surface area contributed by atoms with Crippen LogP contribution < -0.4 is 0 Å². The smallest absolute Gasteiger partial charge is 0.143 e. The van der Waals surface area contributed by atoms with Crippen molar-refractivity contribution in [3.05, 3.63) is 11.6 Å². The van der Waals surface area contributed by atoms with Crippen LogP contribution in [0.4, 0.5) is 0 Å². The number of allylic oxidation sites excluding steroid dienone is 2. The third kappa shape index (κ3) is 1.04. The third-order valence-corrected chi connectivity index (χ3v) is 4.69. The second-order valence-electron chi connectivity index (χ2n) is 5.79. The summed E-state index contributed by atoms with van der Waals surface area (Å²) in [6, 6.07) is 0. The van der Waals surface area contributed by atoms with Crippen molar-refractivity contribution in [1.29, 1.82) is 0 Å². The second kappa shape index (κ2) is 2.71. The summed E-state index contributed by atoms with van der Waals surface area (Å²) >= 11 is 0. The summed E-state index contributed by atoms with van der Waals surface area (Å²) in [4.78, 5) is 12.1. The molecule has 1 heteroatoms.